The van der Waals surface area contributed by atoms with E-state index in [0.29, 0.717) is 5.75 Å². The van der Waals surface area contributed by atoms with Gasteiger partial charge in [0.2, 0.25) is 0 Å². The first-order chi connectivity index (χ1) is 11.7. The SMILES string of the molecule is Cc1cccc(OCC(=O)OCc2c(C)cc(C(C)(C)C)cc2C)c1. The maximum atomic E-state index is 12.0. The Balaban J connectivity index is 1.95. The maximum Gasteiger partial charge on any atom is 0.344 e. The van der Waals surface area contributed by atoms with Crippen molar-refractivity contribution in [3.05, 3.63) is 64.2 Å². The summed E-state index contributed by atoms with van der Waals surface area (Å²) >= 11 is 0. The number of benzene rings is 2. The van der Waals surface area contributed by atoms with Gasteiger partial charge in [0.1, 0.15) is 12.4 Å². The zero-order valence-corrected chi connectivity index (χ0v) is 16.1. The summed E-state index contributed by atoms with van der Waals surface area (Å²) in [5.74, 6) is 0.319. The predicted molar refractivity (Wildman–Crippen MR) is 101 cm³/mol. The summed E-state index contributed by atoms with van der Waals surface area (Å²) in [5.41, 5.74) is 5.86. The van der Waals surface area contributed by atoms with E-state index < -0.39 is 0 Å². The van der Waals surface area contributed by atoms with Gasteiger partial charge in [-0.3, -0.25) is 0 Å². The van der Waals surface area contributed by atoms with Crippen molar-refractivity contribution in [3.63, 3.8) is 0 Å². The van der Waals surface area contributed by atoms with Gasteiger partial charge >= 0.3 is 5.97 Å². The van der Waals surface area contributed by atoms with Crippen molar-refractivity contribution in [1.82, 2.24) is 0 Å². The molecule has 0 aliphatic rings. The molecule has 0 amide bonds. The normalized spacial score (nSPS) is 11.3. The number of carbonyl (C=O) groups excluding carboxylic acids is 1. The first-order valence-electron chi connectivity index (χ1n) is 8.62. The molecule has 0 unspecified atom stereocenters. The highest BCUT2D eigenvalue weighted by Gasteiger charge is 2.17. The highest BCUT2D eigenvalue weighted by molar-refractivity contribution is 5.71. The van der Waals surface area contributed by atoms with Crippen LogP contribution in [0.3, 0.4) is 0 Å². The fourth-order valence-corrected chi connectivity index (χ4v) is 2.70. The number of rotatable bonds is 5. The molecule has 0 N–H and O–H groups in total. The third kappa shape index (κ3) is 5.35. The zero-order valence-electron chi connectivity index (χ0n) is 16.1. The Kier molecular flexibility index (Phi) is 5.89. The third-order valence-corrected chi connectivity index (χ3v) is 4.29. The van der Waals surface area contributed by atoms with Crippen molar-refractivity contribution in [2.45, 2.75) is 53.6 Å². The zero-order chi connectivity index (χ0) is 18.6. The van der Waals surface area contributed by atoms with Crippen molar-refractivity contribution in [2.24, 2.45) is 0 Å². The summed E-state index contributed by atoms with van der Waals surface area (Å²) < 4.78 is 10.9. The summed E-state index contributed by atoms with van der Waals surface area (Å²) in [6.07, 6.45) is 0. The maximum absolute atomic E-state index is 12.0. The molecule has 0 aliphatic carbocycles. The fourth-order valence-electron chi connectivity index (χ4n) is 2.70. The second-order valence-corrected chi connectivity index (χ2v) is 7.60. The van der Waals surface area contributed by atoms with Crippen LogP contribution >= 0.6 is 0 Å². The van der Waals surface area contributed by atoms with Crippen LogP contribution in [-0.4, -0.2) is 12.6 Å². The molecule has 0 aliphatic heterocycles. The van der Waals surface area contributed by atoms with E-state index in [9.17, 15) is 4.79 Å². The number of aryl methyl sites for hydroxylation is 3. The average Bonchev–Trinajstić information content (AvgIpc) is 2.51. The predicted octanol–water partition coefficient (Wildman–Crippen LogP) is 5.03. The Morgan fingerprint density at radius 2 is 1.64 bits per heavy atom. The van der Waals surface area contributed by atoms with Gasteiger partial charge in [-0.2, -0.15) is 0 Å². The van der Waals surface area contributed by atoms with Gasteiger partial charge < -0.3 is 9.47 Å². The van der Waals surface area contributed by atoms with Crippen LogP contribution in [-0.2, 0) is 21.6 Å². The summed E-state index contributed by atoms with van der Waals surface area (Å²) in [6.45, 7) is 12.9. The summed E-state index contributed by atoms with van der Waals surface area (Å²) in [7, 11) is 0. The van der Waals surface area contributed by atoms with Crippen LogP contribution in [0.4, 0.5) is 0 Å². The summed E-state index contributed by atoms with van der Waals surface area (Å²) in [4.78, 5) is 12.0. The van der Waals surface area contributed by atoms with E-state index in [1.807, 2.05) is 31.2 Å². The molecule has 2 aromatic rings. The van der Waals surface area contributed by atoms with Gasteiger partial charge in [-0.05, 0) is 66.1 Å². The van der Waals surface area contributed by atoms with Crippen LogP contribution in [0.15, 0.2) is 36.4 Å². The lowest BCUT2D eigenvalue weighted by Gasteiger charge is -2.22. The molecule has 134 valence electrons. The van der Waals surface area contributed by atoms with Gasteiger partial charge in [0.05, 0.1) is 0 Å². The van der Waals surface area contributed by atoms with E-state index in [2.05, 4.69) is 46.8 Å². The van der Waals surface area contributed by atoms with E-state index >= 15 is 0 Å². The third-order valence-electron chi connectivity index (χ3n) is 4.29. The highest BCUT2D eigenvalue weighted by atomic mass is 16.6. The minimum absolute atomic E-state index is 0.0817. The van der Waals surface area contributed by atoms with Gasteiger partial charge in [0.15, 0.2) is 6.61 Å². The van der Waals surface area contributed by atoms with Gasteiger partial charge in [0, 0.05) is 0 Å². The number of carbonyl (C=O) groups is 1. The Labute approximate surface area is 151 Å². The molecule has 25 heavy (non-hydrogen) atoms. The minimum atomic E-state index is -0.361. The van der Waals surface area contributed by atoms with Crippen molar-refractivity contribution in [2.75, 3.05) is 6.61 Å². The molecule has 3 heteroatoms. The lowest BCUT2D eigenvalue weighted by atomic mass is 9.84. The molecule has 0 heterocycles. The highest BCUT2D eigenvalue weighted by Crippen LogP contribution is 2.27. The standard InChI is InChI=1S/C22H28O3/c1-15-8-7-9-19(10-15)24-14-21(23)25-13-20-16(2)11-18(12-17(20)3)22(4,5)6/h7-12H,13-14H2,1-6H3. The van der Waals surface area contributed by atoms with E-state index in [1.165, 1.54) is 5.56 Å². The van der Waals surface area contributed by atoms with E-state index in [4.69, 9.17) is 9.47 Å². The topological polar surface area (TPSA) is 35.5 Å². The molecule has 0 radical (unpaired) electrons. The molecule has 2 rings (SSSR count). The van der Waals surface area contributed by atoms with E-state index in [0.717, 1.165) is 22.3 Å². The number of esters is 1. The van der Waals surface area contributed by atoms with Crippen molar-refractivity contribution < 1.29 is 14.3 Å². The van der Waals surface area contributed by atoms with Crippen molar-refractivity contribution in [3.8, 4) is 5.75 Å². The summed E-state index contributed by atoms with van der Waals surface area (Å²) in [6, 6.07) is 12.0. The molecule has 0 saturated heterocycles. The Hall–Kier alpha value is -2.29. The van der Waals surface area contributed by atoms with Crippen LogP contribution < -0.4 is 4.74 Å². The van der Waals surface area contributed by atoms with Gasteiger partial charge in [-0.25, -0.2) is 4.79 Å². The van der Waals surface area contributed by atoms with Crippen molar-refractivity contribution in [1.29, 1.82) is 0 Å². The number of ether oxygens (including phenoxy) is 2. The van der Waals surface area contributed by atoms with Gasteiger partial charge in [-0.15, -0.1) is 0 Å². The quantitative estimate of drug-likeness (QED) is 0.716. The smallest absolute Gasteiger partial charge is 0.344 e. The second kappa shape index (κ2) is 7.73. The van der Waals surface area contributed by atoms with Gasteiger partial charge in [0.25, 0.3) is 0 Å². The molecule has 0 atom stereocenters. The van der Waals surface area contributed by atoms with Crippen LogP contribution in [0.2, 0.25) is 0 Å². The Morgan fingerprint density at radius 1 is 1.00 bits per heavy atom. The first kappa shape index (κ1) is 19.0. The molecule has 0 saturated carbocycles. The fraction of sp³-hybridized carbons (Fsp3) is 0.409. The molecular weight excluding hydrogens is 312 g/mol. The van der Waals surface area contributed by atoms with E-state index in [1.54, 1.807) is 0 Å². The number of hydrogen-bond acceptors (Lipinski definition) is 3. The number of hydrogen-bond donors (Lipinski definition) is 0. The van der Waals surface area contributed by atoms with E-state index in [-0.39, 0.29) is 24.6 Å². The first-order valence-corrected chi connectivity index (χ1v) is 8.62. The van der Waals surface area contributed by atoms with Crippen LogP contribution in [0, 0.1) is 20.8 Å². The second-order valence-electron chi connectivity index (χ2n) is 7.60. The molecular formula is C22H28O3. The van der Waals surface area contributed by atoms with Crippen LogP contribution in [0.5, 0.6) is 5.75 Å². The van der Waals surface area contributed by atoms with Crippen LogP contribution in [0.25, 0.3) is 0 Å². The average molecular weight is 340 g/mol. The van der Waals surface area contributed by atoms with Crippen LogP contribution in [0.1, 0.15) is 48.6 Å². The Morgan fingerprint density at radius 3 is 2.20 bits per heavy atom. The summed E-state index contributed by atoms with van der Waals surface area (Å²) in [5, 5.41) is 0. The molecule has 0 spiro atoms. The van der Waals surface area contributed by atoms with Crippen molar-refractivity contribution >= 4 is 5.97 Å². The lowest BCUT2D eigenvalue weighted by molar-refractivity contribution is -0.147. The monoisotopic (exact) mass is 340 g/mol. The molecule has 0 bridgehead atoms. The molecule has 3 nitrogen and oxygen atoms in total. The van der Waals surface area contributed by atoms with Gasteiger partial charge in [-0.1, -0.05) is 45.0 Å². The lowest BCUT2D eigenvalue weighted by Crippen LogP contribution is -2.16. The molecule has 0 fully saturated rings. The molecule has 0 aromatic heterocycles. The Bertz CT molecular complexity index is 731. The minimum Gasteiger partial charge on any atom is -0.482 e. The largest absolute Gasteiger partial charge is 0.482 e. The molecule has 2 aromatic carbocycles.